The Balaban J connectivity index is 2.24. The van der Waals surface area contributed by atoms with Crippen LogP contribution in [-0.2, 0) is 9.53 Å². The number of nitrogens with zero attached hydrogens (tertiary/aromatic N) is 1. The van der Waals surface area contributed by atoms with Crippen molar-refractivity contribution >= 4 is 11.6 Å². The Kier molecular flexibility index (Phi) is 6.67. The fourth-order valence-electron chi connectivity index (χ4n) is 2.82. The highest BCUT2D eigenvalue weighted by Crippen LogP contribution is 2.32. The van der Waals surface area contributed by atoms with Crippen molar-refractivity contribution in [1.82, 2.24) is 5.32 Å². The van der Waals surface area contributed by atoms with E-state index in [2.05, 4.69) is 5.32 Å². The van der Waals surface area contributed by atoms with Crippen LogP contribution in [0, 0.1) is 5.92 Å². The Morgan fingerprint density at radius 2 is 2.04 bits per heavy atom. The number of nitrogens with one attached hydrogen (secondary N) is 1. The van der Waals surface area contributed by atoms with Gasteiger partial charge in [0.2, 0.25) is 5.91 Å². The lowest BCUT2D eigenvalue weighted by molar-refractivity contribution is -0.123. The third-order valence-corrected chi connectivity index (χ3v) is 4.11. The van der Waals surface area contributed by atoms with Crippen molar-refractivity contribution in [3.63, 3.8) is 0 Å². The molecule has 1 atom stereocenters. The first kappa shape index (κ1) is 17.6. The largest absolute Gasteiger partial charge is 0.493 e. The lowest BCUT2D eigenvalue weighted by Crippen LogP contribution is -2.44. The van der Waals surface area contributed by atoms with E-state index in [0.29, 0.717) is 24.7 Å². The van der Waals surface area contributed by atoms with Gasteiger partial charge in [-0.25, -0.2) is 0 Å². The third kappa shape index (κ3) is 4.36. The summed E-state index contributed by atoms with van der Waals surface area (Å²) in [6.07, 6.45) is 1.95. The molecule has 1 aromatic carbocycles. The fraction of sp³-hybridized carbons (Fsp3) is 0.588. The molecule has 0 radical (unpaired) electrons. The SMILES string of the molecule is COCCN(C(=O)C1CCCNC1)c1ccc(OC)c(OC)c1. The Morgan fingerprint density at radius 3 is 2.65 bits per heavy atom. The van der Waals surface area contributed by atoms with Gasteiger partial charge in [-0.3, -0.25) is 4.79 Å². The topological polar surface area (TPSA) is 60.0 Å². The summed E-state index contributed by atoms with van der Waals surface area (Å²) in [6, 6.07) is 5.54. The fourth-order valence-corrected chi connectivity index (χ4v) is 2.82. The molecule has 1 fully saturated rings. The van der Waals surface area contributed by atoms with Crippen molar-refractivity contribution in [2.75, 3.05) is 52.5 Å². The number of ether oxygens (including phenoxy) is 3. The molecule has 1 aliphatic rings. The zero-order valence-electron chi connectivity index (χ0n) is 14.1. The smallest absolute Gasteiger partial charge is 0.231 e. The molecule has 0 bridgehead atoms. The Morgan fingerprint density at radius 1 is 1.26 bits per heavy atom. The van der Waals surface area contributed by atoms with Gasteiger partial charge in [0.15, 0.2) is 11.5 Å². The zero-order valence-corrected chi connectivity index (χ0v) is 14.1. The number of amides is 1. The highest BCUT2D eigenvalue weighted by molar-refractivity contribution is 5.95. The maximum Gasteiger partial charge on any atom is 0.231 e. The molecule has 1 aliphatic heterocycles. The van der Waals surface area contributed by atoms with E-state index in [1.54, 1.807) is 26.2 Å². The standard InChI is InChI=1S/C17H26N2O4/c1-21-10-9-19(17(20)13-5-4-8-18-12-13)14-6-7-15(22-2)16(11-14)23-3/h6-7,11,13,18H,4-5,8-10,12H2,1-3H3. The average molecular weight is 322 g/mol. The number of anilines is 1. The molecule has 1 aromatic rings. The van der Waals surface area contributed by atoms with E-state index < -0.39 is 0 Å². The molecule has 1 N–H and O–H groups in total. The van der Waals surface area contributed by atoms with Gasteiger partial charge in [-0.15, -0.1) is 0 Å². The van der Waals surface area contributed by atoms with Crippen LogP contribution in [0.5, 0.6) is 11.5 Å². The minimum absolute atomic E-state index is 0.00806. The van der Waals surface area contributed by atoms with Crippen LogP contribution in [0.1, 0.15) is 12.8 Å². The molecule has 6 nitrogen and oxygen atoms in total. The minimum Gasteiger partial charge on any atom is -0.493 e. The first-order chi connectivity index (χ1) is 11.2. The lowest BCUT2D eigenvalue weighted by Gasteiger charge is -2.30. The summed E-state index contributed by atoms with van der Waals surface area (Å²) in [4.78, 5) is 14.7. The molecule has 1 unspecified atom stereocenters. The van der Waals surface area contributed by atoms with Gasteiger partial charge in [0.05, 0.1) is 26.7 Å². The summed E-state index contributed by atoms with van der Waals surface area (Å²) in [5.41, 5.74) is 0.801. The van der Waals surface area contributed by atoms with E-state index >= 15 is 0 Å². The Labute approximate surface area is 137 Å². The predicted octanol–water partition coefficient (Wildman–Crippen LogP) is 1.68. The molecule has 0 saturated carbocycles. The van der Waals surface area contributed by atoms with E-state index in [4.69, 9.17) is 14.2 Å². The molecule has 0 aromatic heterocycles. The van der Waals surface area contributed by atoms with Crippen molar-refractivity contribution in [1.29, 1.82) is 0 Å². The molecule has 1 heterocycles. The number of carbonyl (C=O) groups excluding carboxylic acids is 1. The quantitative estimate of drug-likeness (QED) is 0.828. The van der Waals surface area contributed by atoms with Crippen LogP contribution < -0.4 is 19.7 Å². The van der Waals surface area contributed by atoms with Crippen molar-refractivity contribution in [2.45, 2.75) is 12.8 Å². The Bertz CT molecular complexity index is 515. The van der Waals surface area contributed by atoms with E-state index in [1.807, 2.05) is 18.2 Å². The van der Waals surface area contributed by atoms with E-state index in [9.17, 15) is 4.79 Å². The summed E-state index contributed by atoms with van der Waals surface area (Å²) in [5, 5.41) is 3.30. The molecule has 6 heteroatoms. The van der Waals surface area contributed by atoms with Crippen LogP contribution >= 0.6 is 0 Å². The summed E-state index contributed by atoms with van der Waals surface area (Å²) in [5.74, 6) is 1.40. The number of benzene rings is 1. The second-order valence-corrected chi connectivity index (χ2v) is 5.57. The number of piperidine rings is 1. The molecule has 2 rings (SSSR count). The van der Waals surface area contributed by atoms with Crippen LogP contribution in [-0.4, -0.2) is 53.5 Å². The first-order valence-electron chi connectivity index (χ1n) is 7.94. The highest BCUT2D eigenvalue weighted by Gasteiger charge is 2.27. The zero-order chi connectivity index (χ0) is 16.7. The van der Waals surface area contributed by atoms with Crippen LogP contribution in [0.15, 0.2) is 18.2 Å². The molecule has 1 amide bonds. The molecule has 0 aliphatic carbocycles. The van der Waals surface area contributed by atoms with Crippen LogP contribution in [0.4, 0.5) is 5.69 Å². The number of carbonyl (C=O) groups is 1. The van der Waals surface area contributed by atoms with Gasteiger partial charge in [0.1, 0.15) is 0 Å². The number of hydrogen-bond acceptors (Lipinski definition) is 5. The normalized spacial score (nSPS) is 17.6. The molecular formula is C17H26N2O4. The van der Waals surface area contributed by atoms with E-state index in [-0.39, 0.29) is 11.8 Å². The second-order valence-electron chi connectivity index (χ2n) is 5.57. The predicted molar refractivity (Wildman–Crippen MR) is 89.4 cm³/mol. The average Bonchev–Trinajstić information content (AvgIpc) is 2.62. The summed E-state index contributed by atoms with van der Waals surface area (Å²) in [7, 11) is 4.83. The molecule has 0 spiro atoms. The second kappa shape index (κ2) is 8.74. The highest BCUT2D eigenvalue weighted by atomic mass is 16.5. The van der Waals surface area contributed by atoms with Gasteiger partial charge >= 0.3 is 0 Å². The van der Waals surface area contributed by atoms with Gasteiger partial charge in [-0.05, 0) is 31.5 Å². The summed E-state index contributed by atoms with van der Waals surface area (Å²) < 4.78 is 15.8. The van der Waals surface area contributed by atoms with Crippen molar-refractivity contribution < 1.29 is 19.0 Å². The van der Waals surface area contributed by atoms with Crippen molar-refractivity contribution in [3.8, 4) is 11.5 Å². The van der Waals surface area contributed by atoms with Gasteiger partial charge in [0, 0.05) is 32.0 Å². The molecule has 128 valence electrons. The molecule has 23 heavy (non-hydrogen) atoms. The number of rotatable bonds is 7. The Hall–Kier alpha value is -1.79. The third-order valence-electron chi connectivity index (χ3n) is 4.11. The van der Waals surface area contributed by atoms with Crippen LogP contribution in [0.3, 0.4) is 0 Å². The number of hydrogen-bond donors (Lipinski definition) is 1. The summed E-state index contributed by atoms with van der Waals surface area (Å²) >= 11 is 0. The molecule has 1 saturated heterocycles. The maximum absolute atomic E-state index is 12.9. The van der Waals surface area contributed by atoms with Crippen LogP contribution in [0.2, 0.25) is 0 Å². The lowest BCUT2D eigenvalue weighted by atomic mass is 9.98. The van der Waals surface area contributed by atoms with Gasteiger partial charge in [0.25, 0.3) is 0 Å². The van der Waals surface area contributed by atoms with Gasteiger partial charge < -0.3 is 24.4 Å². The molecular weight excluding hydrogens is 296 g/mol. The monoisotopic (exact) mass is 322 g/mol. The van der Waals surface area contributed by atoms with E-state index in [1.165, 1.54) is 0 Å². The van der Waals surface area contributed by atoms with Crippen molar-refractivity contribution in [3.05, 3.63) is 18.2 Å². The van der Waals surface area contributed by atoms with Crippen LogP contribution in [0.25, 0.3) is 0 Å². The number of methoxy groups -OCH3 is 3. The maximum atomic E-state index is 12.9. The van der Waals surface area contributed by atoms with Gasteiger partial charge in [-0.2, -0.15) is 0 Å². The first-order valence-corrected chi connectivity index (χ1v) is 7.94. The van der Waals surface area contributed by atoms with Crippen molar-refractivity contribution in [2.24, 2.45) is 5.92 Å². The van der Waals surface area contributed by atoms with E-state index in [0.717, 1.165) is 31.6 Å². The van der Waals surface area contributed by atoms with Gasteiger partial charge in [-0.1, -0.05) is 0 Å². The summed E-state index contributed by atoms with van der Waals surface area (Å²) in [6.45, 7) is 2.72. The minimum atomic E-state index is 0.00806.